The number of nitrogens with zero attached hydrogens (tertiary/aromatic N) is 2. The monoisotopic (exact) mass is 365 g/mol. The van der Waals surface area contributed by atoms with E-state index >= 15 is 0 Å². The molecule has 1 aromatic heterocycles. The third-order valence-corrected chi connectivity index (χ3v) is 5.95. The minimum atomic E-state index is 0.0711. The maximum atomic E-state index is 12.8. The second-order valence-corrected chi connectivity index (χ2v) is 7.85. The maximum absolute atomic E-state index is 12.8. The van der Waals surface area contributed by atoms with Gasteiger partial charge in [0.25, 0.3) is 5.91 Å². The van der Waals surface area contributed by atoms with Crippen LogP contribution in [0.3, 0.4) is 0 Å². The van der Waals surface area contributed by atoms with Gasteiger partial charge in [-0.1, -0.05) is 6.92 Å². The Balaban J connectivity index is 1.57. The molecule has 1 N–H and O–H groups in total. The Morgan fingerprint density at radius 2 is 2.12 bits per heavy atom. The van der Waals surface area contributed by atoms with Gasteiger partial charge >= 0.3 is 0 Å². The van der Waals surface area contributed by atoms with Crippen LogP contribution in [0.5, 0.6) is 0 Å². The second kappa shape index (κ2) is 8.29. The summed E-state index contributed by atoms with van der Waals surface area (Å²) < 4.78 is 5.18. The molecule has 1 unspecified atom stereocenters. The van der Waals surface area contributed by atoms with Gasteiger partial charge in [-0.05, 0) is 31.4 Å². The fourth-order valence-corrected chi connectivity index (χ4v) is 4.09. The van der Waals surface area contributed by atoms with Gasteiger partial charge in [-0.25, -0.2) is 0 Å². The maximum Gasteiger partial charge on any atom is 0.264 e. The van der Waals surface area contributed by atoms with Gasteiger partial charge < -0.3 is 15.0 Å². The van der Waals surface area contributed by atoms with E-state index in [1.165, 1.54) is 11.3 Å². The van der Waals surface area contributed by atoms with Crippen molar-refractivity contribution in [3.05, 3.63) is 17.0 Å². The van der Waals surface area contributed by atoms with E-state index in [0.717, 1.165) is 57.0 Å². The van der Waals surface area contributed by atoms with Crippen molar-refractivity contribution in [3.63, 3.8) is 0 Å². The summed E-state index contributed by atoms with van der Waals surface area (Å²) in [5, 5.41) is 3.69. The van der Waals surface area contributed by atoms with Gasteiger partial charge in [0.2, 0.25) is 5.91 Å². The Bertz CT molecular complexity index is 614. The molecular weight excluding hydrogens is 338 g/mol. The van der Waals surface area contributed by atoms with Crippen molar-refractivity contribution in [1.82, 2.24) is 9.80 Å². The number of ether oxygens (including phenoxy) is 1. The number of carbonyl (C=O) groups excluding carboxylic acids is 2. The van der Waals surface area contributed by atoms with Gasteiger partial charge in [-0.2, -0.15) is 0 Å². The smallest absolute Gasteiger partial charge is 0.264 e. The molecule has 0 bridgehead atoms. The zero-order valence-corrected chi connectivity index (χ0v) is 15.8. The number of piperazine rings is 1. The van der Waals surface area contributed by atoms with Crippen LogP contribution in [-0.4, -0.2) is 67.6 Å². The molecule has 2 amide bonds. The van der Waals surface area contributed by atoms with Crippen molar-refractivity contribution in [2.45, 2.75) is 32.2 Å². The number of nitrogens with one attached hydrogen (secondary N) is 1. The molecule has 2 heterocycles. The minimum absolute atomic E-state index is 0.0711. The first kappa shape index (κ1) is 18.4. The molecule has 7 heteroatoms. The van der Waals surface area contributed by atoms with Gasteiger partial charge in [-0.15, -0.1) is 11.3 Å². The van der Waals surface area contributed by atoms with Crippen molar-refractivity contribution < 1.29 is 14.3 Å². The lowest BCUT2D eigenvalue weighted by molar-refractivity contribution is -0.117. The van der Waals surface area contributed by atoms with Crippen molar-refractivity contribution in [2.75, 3.05) is 45.2 Å². The quantitative estimate of drug-likeness (QED) is 0.805. The number of thiophene rings is 1. The van der Waals surface area contributed by atoms with Gasteiger partial charge in [0.05, 0.1) is 16.5 Å². The lowest BCUT2D eigenvalue weighted by Crippen LogP contribution is -2.55. The number of carbonyl (C=O) groups is 2. The lowest BCUT2D eigenvalue weighted by atomic mass is 10.1. The standard InChI is InChI=1S/C18H27N3O3S/c1-3-14-12-21(9-8-20(14)10-11-24-2)18(23)15-6-7-16(25-15)19-17(22)13-4-5-13/h6-7,13-14H,3-5,8-12H2,1-2H3,(H,19,22). The van der Waals surface area contributed by atoms with Crippen molar-refractivity contribution >= 4 is 28.2 Å². The number of methoxy groups -OCH3 is 1. The molecular formula is C18H27N3O3S. The van der Waals surface area contributed by atoms with E-state index in [2.05, 4.69) is 17.1 Å². The average molecular weight is 365 g/mol. The highest BCUT2D eigenvalue weighted by Crippen LogP contribution is 2.32. The van der Waals surface area contributed by atoms with E-state index in [0.29, 0.717) is 10.9 Å². The van der Waals surface area contributed by atoms with Crippen molar-refractivity contribution in [2.24, 2.45) is 5.92 Å². The number of rotatable bonds is 7. The zero-order chi connectivity index (χ0) is 17.8. The number of amides is 2. The normalized spacial score (nSPS) is 21.4. The molecule has 3 rings (SSSR count). The van der Waals surface area contributed by atoms with Crippen molar-refractivity contribution in [1.29, 1.82) is 0 Å². The minimum Gasteiger partial charge on any atom is -0.383 e. The molecule has 138 valence electrons. The molecule has 25 heavy (non-hydrogen) atoms. The molecule has 1 aromatic rings. The van der Waals surface area contributed by atoms with Gasteiger partial charge in [0, 0.05) is 45.2 Å². The highest BCUT2D eigenvalue weighted by Gasteiger charge is 2.31. The summed E-state index contributed by atoms with van der Waals surface area (Å²) in [6.07, 6.45) is 2.98. The van der Waals surface area contributed by atoms with E-state index in [1.54, 1.807) is 7.11 Å². The summed E-state index contributed by atoms with van der Waals surface area (Å²) in [5.41, 5.74) is 0. The van der Waals surface area contributed by atoms with Gasteiger partial charge in [0.1, 0.15) is 0 Å². The van der Waals surface area contributed by atoms with Crippen LogP contribution >= 0.6 is 11.3 Å². The third kappa shape index (κ3) is 4.59. The predicted molar refractivity (Wildman–Crippen MR) is 99.1 cm³/mol. The van der Waals surface area contributed by atoms with Crippen LogP contribution in [0.15, 0.2) is 12.1 Å². The van der Waals surface area contributed by atoms with Crippen LogP contribution in [0.1, 0.15) is 35.9 Å². The largest absolute Gasteiger partial charge is 0.383 e. The van der Waals surface area contributed by atoms with Gasteiger partial charge in [-0.3, -0.25) is 14.5 Å². The van der Waals surface area contributed by atoms with Crippen LogP contribution in [0.25, 0.3) is 0 Å². The van der Waals surface area contributed by atoms with Crippen LogP contribution in [0.4, 0.5) is 5.00 Å². The van der Waals surface area contributed by atoms with E-state index in [1.807, 2.05) is 17.0 Å². The highest BCUT2D eigenvalue weighted by molar-refractivity contribution is 7.18. The summed E-state index contributed by atoms with van der Waals surface area (Å²) in [4.78, 5) is 29.7. The first-order valence-corrected chi connectivity index (χ1v) is 9.87. The zero-order valence-electron chi connectivity index (χ0n) is 15.0. The van der Waals surface area contributed by atoms with Crippen LogP contribution in [0, 0.1) is 5.92 Å². The SMILES string of the molecule is CCC1CN(C(=O)c2ccc(NC(=O)C3CC3)s2)CCN1CCOC. The number of hydrogen-bond donors (Lipinski definition) is 1. The fourth-order valence-electron chi connectivity index (χ4n) is 3.21. The Kier molecular flexibility index (Phi) is 6.09. The van der Waals surface area contributed by atoms with Gasteiger partial charge in [0.15, 0.2) is 0 Å². The summed E-state index contributed by atoms with van der Waals surface area (Å²) >= 11 is 1.37. The predicted octanol–water partition coefficient (Wildman–Crippen LogP) is 2.28. The van der Waals surface area contributed by atoms with Crippen molar-refractivity contribution in [3.8, 4) is 0 Å². The molecule has 1 atom stereocenters. The molecule has 0 radical (unpaired) electrons. The highest BCUT2D eigenvalue weighted by atomic mass is 32.1. The Morgan fingerprint density at radius 3 is 2.80 bits per heavy atom. The van der Waals surface area contributed by atoms with Crippen LogP contribution in [0.2, 0.25) is 0 Å². The second-order valence-electron chi connectivity index (χ2n) is 6.77. The molecule has 0 aromatic carbocycles. The lowest BCUT2D eigenvalue weighted by Gasteiger charge is -2.41. The van der Waals surface area contributed by atoms with E-state index < -0.39 is 0 Å². The number of anilines is 1. The first-order valence-electron chi connectivity index (χ1n) is 9.05. The fraction of sp³-hybridized carbons (Fsp3) is 0.667. The van der Waals surface area contributed by atoms with E-state index in [9.17, 15) is 9.59 Å². The van der Waals surface area contributed by atoms with E-state index in [4.69, 9.17) is 4.74 Å². The third-order valence-electron chi connectivity index (χ3n) is 4.96. The summed E-state index contributed by atoms with van der Waals surface area (Å²) in [6, 6.07) is 4.04. The molecule has 6 nitrogen and oxygen atoms in total. The van der Waals surface area contributed by atoms with Crippen LogP contribution in [-0.2, 0) is 9.53 Å². The summed E-state index contributed by atoms with van der Waals surface area (Å²) in [6.45, 7) is 6.16. The topological polar surface area (TPSA) is 61.9 Å². The summed E-state index contributed by atoms with van der Waals surface area (Å²) in [5.74, 6) is 0.326. The molecule has 1 saturated heterocycles. The van der Waals surface area contributed by atoms with E-state index in [-0.39, 0.29) is 17.7 Å². The summed E-state index contributed by atoms with van der Waals surface area (Å²) in [7, 11) is 1.72. The Hall–Kier alpha value is -1.44. The Labute approximate surface area is 153 Å². The first-order chi connectivity index (χ1) is 12.1. The molecule has 2 fully saturated rings. The van der Waals surface area contributed by atoms with Crippen LogP contribution < -0.4 is 5.32 Å². The molecule has 0 spiro atoms. The molecule has 1 aliphatic carbocycles. The number of hydrogen-bond acceptors (Lipinski definition) is 5. The molecule has 1 saturated carbocycles. The molecule has 1 aliphatic heterocycles. The average Bonchev–Trinajstić information content (AvgIpc) is 3.39. The Morgan fingerprint density at radius 1 is 1.32 bits per heavy atom. The molecule has 2 aliphatic rings.